The van der Waals surface area contributed by atoms with Gasteiger partial charge >= 0.3 is 0 Å². The maximum atomic E-state index is 4.33. The lowest BCUT2D eigenvalue weighted by molar-refractivity contribution is 0.842. The van der Waals surface area contributed by atoms with Crippen LogP contribution in [0.3, 0.4) is 0 Å². The zero-order valence-electron chi connectivity index (χ0n) is 7.44. The van der Waals surface area contributed by atoms with E-state index in [2.05, 4.69) is 26.9 Å². The average Bonchev–Trinajstić information content (AvgIpc) is 2.18. The van der Waals surface area contributed by atoms with Crippen molar-refractivity contribution < 1.29 is 0 Å². The van der Waals surface area contributed by atoms with E-state index in [0.717, 1.165) is 29.7 Å². The Labute approximate surface area is 76.1 Å². The van der Waals surface area contributed by atoms with E-state index in [4.69, 9.17) is 0 Å². The lowest BCUT2D eigenvalue weighted by atomic mass is 10.3. The molecule has 2 aromatic heterocycles. The van der Waals surface area contributed by atoms with Crippen molar-refractivity contribution in [2.24, 2.45) is 0 Å². The van der Waals surface area contributed by atoms with Crippen LogP contribution in [0, 0.1) is 0 Å². The Hall–Kier alpha value is -1.58. The SMILES string of the molecule is CCCc1ncc2ncncc2n1. The molecule has 0 aliphatic rings. The Morgan fingerprint density at radius 1 is 1.15 bits per heavy atom. The molecule has 0 spiro atoms. The van der Waals surface area contributed by atoms with Crippen LogP contribution in [0.2, 0.25) is 0 Å². The first-order valence-corrected chi connectivity index (χ1v) is 4.32. The van der Waals surface area contributed by atoms with E-state index in [1.807, 2.05) is 0 Å². The van der Waals surface area contributed by atoms with Crippen LogP contribution in [0.25, 0.3) is 11.0 Å². The third-order valence-corrected chi connectivity index (χ3v) is 1.78. The molecule has 2 rings (SSSR count). The summed E-state index contributed by atoms with van der Waals surface area (Å²) in [7, 11) is 0. The quantitative estimate of drug-likeness (QED) is 0.690. The smallest absolute Gasteiger partial charge is 0.129 e. The molecule has 66 valence electrons. The largest absolute Gasteiger partial charge is 0.243 e. The van der Waals surface area contributed by atoms with Crippen LogP contribution in [0.4, 0.5) is 0 Å². The number of rotatable bonds is 2. The van der Waals surface area contributed by atoms with Gasteiger partial charge in [-0.15, -0.1) is 0 Å². The minimum Gasteiger partial charge on any atom is -0.243 e. The molecular formula is C9H10N4. The van der Waals surface area contributed by atoms with Gasteiger partial charge in [0.2, 0.25) is 0 Å². The first-order valence-electron chi connectivity index (χ1n) is 4.32. The second kappa shape index (κ2) is 3.43. The second-order valence-electron chi connectivity index (χ2n) is 2.83. The van der Waals surface area contributed by atoms with E-state index < -0.39 is 0 Å². The highest BCUT2D eigenvalue weighted by Crippen LogP contribution is 2.05. The summed E-state index contributed by atoms with van der Waals surface area (Å²) in [6, 6.07) is 0. The first-order chi connectivity index (χ1) is 6.40. The minimum absolute atomic E-state index is 0.801. The van der Waals surface area contributed by atoms with Gasteiger partial charge in [0.15, 0.2) is 0 Å². The van der Waals surface area contributed by atoms with E-state index in [-0.39, 0.29) is 0 Å². The number of nitrogens with zero attached hydrogens (tertiary/aromatic N) is 4. The average molecular weight is 174 g/mol. The van der Waals surface area contributed by atoms with Crippen LogP contribution in [-0.2, 0) is 6.42 Å². The lowest BCUT2D eigenvalue weighted by Gasteiger charge is -1.98. The molecule has 0 unspecified atom stereocenters. The zero-order valence-corrected chi connectivity index (χ0v) is 7.44. The highest BCUT2D eigenvalue weighted by Gasteiger charge is 1.98. The van der Waals surface area contributed by atoms with E-state index in [1.165, 1.54) is 6.33 Å². The van der Waals surface area contributed by atoms with Gasteiger partial charge in [-0.3, -0.25) is 0 Å². The van der Waals surface area contributed by atoms with Crippen LogP contribution >= 0.6 is 0 Å². The molecule has 0 saturated carbocycles. The van der Waals surface area contributed by atoms with Gasteiger partial charge in [0.1, 0.15) is 23.2 Å². The van der Waals surface area contributed by atoms with Gasteiger partial charge in [-0.05, 0) is 6.42 Å². The van der Waals surface area contributed by atoms with E-state index in [1.54, 1.807) is 12.4 Å². The van der Waals surface area contributed by atoms with E-state index in [9.17, 15) is 0 Å². The van der Waals surface area contributed by atoms with Crippen LogP contribution in [0.5, 0.6) is 0 Å². The molecule has 0 aromatic carbocycles. The van der Waals surface area contributed by atoms with Crippen molar-refractivity contribution >= 4 is 11.0 Å². The summed E-state index contributed by atoms with van der Waals surface area (Å²) in [5.74, 6) is 0.866. The Bertz CT molecular complexity index is 413. The molecule has 2 heterocycles. The Balaban J connectivity index is 2.49. The monoisotopic (exact) mass is 174 g/mol. The van der Waals surface area contributed by atoms with Crippen molar-refractivity contribution in [1.82, 2.24) is 19.9 Å². The van der Waals surface area contributed by atoms with Crippen LogP contribution in [0.15, 0.2) is 18.7 Å². The number of fused-ring (bicyclic) bond motifs is 1. The van der Waals surface area contributed by atoms with Crippen molar-refractivity contribution in [2.45, 2.75) is 19.8 Å². The molecule has 0 atom stereocenters. The van der Waals surface area contributed by atoms with Crippen molar-refractivity contribution in [3.63, 3.8) is 0 Å². The summed E-state index contributed by atoms with van der Waals surface area (Å²) < 4.78 is 0. The molecule has 0 N–H and O–H groups in total. The van der Waals surface area contributed by atoms with Crippen LogP contribution in [-0.4, -0.2) is 19.9 Å². The molecule has 2 aromatic rings. The maximum Gasteiger partial charge on any atom is 0.129 e. The second-order valence-corrected chi connectivity index (χ2v) is 2.83. The topological polar surface area (TPSA) is 51.6 Å². The van der Waals surface area contributed by atoms with Crippen molar-refractivity contribution in [3.05, 3.63) is 24.5 Å². The lowest BCUT2D eigenvalue weighted by Crippen LogP contribution is -1.95. The summed E-state index contributed by atoms with van der Waals surface area (Å²) in [4.78, 5) is 16.5. The molecule has 4 nitrogen and oxygen atoms in total. The molecule has 0 bridgehead atoms. The molecule has 0 radical (unpaired) electrons. The van der Waals surface area contributed by atoms with E-state index >= 15 is 0 Å². The van der Waals surface area contributed by atoms with Gasteiger partial charge in [-0.25, -0.2) is 19.9 Å². The molecular weight excluding hydrogens is 164 g/mol. The molecule has 4 heteroatoms. The summed E-state index contributed by atoms with van der Waals surface area (Å²) >= 11 is 0. The van der Waals surface area contributed by atoms with Gasteiger partial charge in [0, 0.05) is 6.42 Å². The predicted octanol–water partition coefficient (Wildman–Crippen LogP) is 1.37. The summed E-state index contributed by atoms with van der Waals surface area (Å²) in [6.07, 6.45) is 6.92. The fourth-order valence-electron chi connectivity index (χ4n) is 1.16. The Morgan fingerprint density at radius 2 is 2.08 bits per heavy atom. The third kappa shape index (κ3) is 1.61. The molecule has 0 amide bonds. The van der Waals surface area contributed by atoms with Gasteiger partial charge in [0.05, 0.1) is 12.4 Å². The normalized spacial score (nSPS) is 10.5. The van der Waals surface area contributed by atoms with Gasteiger partial charge in [-0.2, -0.15) is 0 Å². The standard InChI is InChI=1S/C9H10N4/c1-2-3-9-11-5-7-8(13-9)4-10-6-12-7/h4-6H,2-3H2,1H3. The van der Waals surface area contributed by atoms with Gasteiger partial charge in [-0.1, -0.05) is 6.92 Å². The van der Waals surface area contributed by atoms with Crippen molar-refractivity contribution in [1.29, 1.82) is 0 Å². The third-order valence-electron chi connectivity index (χ3n) is 1.78. The molecule has 13 heavy (non-hydrogen) atoms. The number of hydrogen-bond donors (Lipinski definition) is 0. The Morgan fingerprint density at radius 3 is 2.92 bits per heavy atom. The van der Waals surface area contributed by atoms with Gasteiger partial charge in [0.25, 0.3) is 0 Å². The molecule has 0 aliphatic heterocycles. The minimum atomic E-state index is 0.801. The predicted molar refractivity (Wildman–Crippen MR) is 49.1 cm³/mol. The highest BCUT2D eigenvalue weighted by molar-refractivity contribution is 5.71. The number of aryl methyl sites for hydroxylation is 1. The van der Waals surface area contributed by atoms with E-state index in [0.29, 0.717) is 0 Å². The maximum absolute atomic E-state index is 4.33. The highest BCUT2D eigenvalue weighted by atomic mass is 14.9. The fraction of sp³-hybridized carbons (Fsp3) is 0.333. The first kappa shape index (κ1) is 8.04. The van der Waals surface area contributed by atoms with Crippen LogP contribution < -0.4 is 0 Å². The van der Waals surface area contributed by atoms with Crippen LogP contribution in [0.1, 0.15) is 19.2 Å². The zero-order chi connectivity index (χ0) is 9.10. The van der Waals surface area contributed by atoms with Gasteiger partial charge < -0.3 is 0 Å². The van der Waals surface area contributed by atoms with Crippen molar-refractivity contribution in [2.75, 3.05) is 0 Å². The fourth-order valence-corrected chi connectivity index (χ4v) is 1.16. The molecule has 0 aliphatic carbocycles. The molecule has 0 saturated heterocycles. The number of aromatic nitrogens is 4. The number of hydrogen-bond acceptors (Lipinski definition) is 4. The van der Waals surface area contributed by atoms with Crippen molar-refractivity contribution in [3.8, 4) is 0 Å². The molecule has 0 fully saturated rings. The summed E-state index contributed by atoms with van der Waals surface area (Å²) in [6.45, 7) is 2.11. The summed E-state index contributed by atoms with van der Waals surface area (Å²) in [5, 5.41) is 0. The Kier molecular flexibility index (Phi) is 2.12. The summed E-state index contributed by atoms with van der Waals surface area (Å²) in [5.41, 5.74) is 1.62.